The Hall–Kier alpha value is -4.24. The van der Waals surface area contributed by atoms with Gasteiger partial charge in [-0.25, -0.2) is 4.68 Å². The molecule has 0 aliphatic heterocycles. The summed E-state index contributed by atoms with van der Waals surface area (Å²) in [6.45, 7) is 0.135. The molecule has 0 aliphatic carbocycles. The van der Waals surface area contributed by atoms with Crippen LogP contribution >= 0.6 is 0 Å². The van der Waals surface area contributed by atoms with E-state index in [0.29, 0.717) is 22.7 Å². The molecule has 1 unspecified atom stereocenters. The zero-order valence-corrected chi connectivity index (χ0v) is 19.1. The number of nitrogens with zero attached hydrogens (tertiary/aromatic N) is 5. The lowest BCUT2D eigenvalue weighted by molar-refractivity contribution is 0.0681. The Morgan fingerprint density at radius 3 is 2.53 bits per heavy atom. The first-order chi connectivity index (χ1) is 16.5. The number of aliphatic hydroxyl groups excluding tert-OH is 1. The molecule has 0 saturated carbocycles. The summed E-state index contributed by atoms with van der Waals surface area (Å²) in [5.74, 6) is 0.863. The van der Waals surface area contributed by atoms with Gasteiger partial charge >= 0.3 is 0 Å². The van der Waals surface area contributed by atoms with Crippen LogP contribution in [0.4, 0.5) is 0 Å². The third-order valence-corrected chi connectivity index (χ3v) is 5.47. The van der Waals surface area contributed by atoms with Crippen molar-refractivity contribution in [1.82, 2.24) is 25.1 Å². The molecule has 3 aromatic carbocycles. The standard InChI is InChI=1S/C25H25N5O4/c1-29(15-22(31)17-8-5-4-6-9-17)25(32)19-12-18(13-20(14-19)30-16-26-27-28-30)21-10-7-11-23(33-2)24(21)34-3/h4-14,16,22,31H,15H2,1-3H3. The third kappa shape index (κ3) is 4.74. The molecule has 0 spiro atoms. The first-order valence-corrected chi connectivity index (χ1v) is 10.6. The Morgan fingerprint density at radius 2 is 1.85 bits per heavy atom. The van der Waals surface area contributed by atoms with Gasteiger partial charge in [-0.3, -0.25) is 4.79 Å². The zero-order valence-electron chi connectivity index (χ0n) is 19.1. The molecule has 1 N–H and O–H groups in total. The quantitative estimate of drug-likeness (QED) is 0.432. The van der Waals surface area contributed by atoms with Crippen molar-refractivity contribution in [3.8, 4) is 28.3 Å². The Balaban J connectivity index is 1.73. The van der Waals surface area contributed by atoms with E-state index in [-0.39, 0.29) is 12.5 Å². The molecule has 174 valence electrons. The molecular formula is C25H25N5O4. The Morgan fingerprint density at radius 1 is 1.06 bits per heavy atom. The van der Waals surface area contributed by atoms with Crippen molar-refractivity contribution in [3.05, 3.63) is 84.2 Å². The van der Waals surface area contributed by atoms with Gasteiger partial charge in [-0.05, 0) is 45.8 Å². The van der Waals surface area contributed by atoms with Gasteiger partial charge in [-0.15, -0.1) is 5.10 Å². The lowest BCUT2D eigenvalue weighted by Gasteiger charge is -2.22. The summed E-state index contributed by atoms with van der Waals surface area (Å²) in [6, 6.07) is 20.1. The number of carbonyl (C=O) groups excluding carboxylic acids is 1. The minimum absolute atomic E-state index is 0.135. The Kier molecular flexibility index (Phi) is 6.84. The second-order valence-electron chi connectivity index (χ2n) is 7.68. The van der Waals surface area contributed by atoms with Gasteiger partial charge in [0.15, 0.2) is 11.5 Å². The van der Waals surface area contributed by atoms with Gasteiger partial charge < -0.3 is 19.5 Å². The van der Waals surface area contributed by atoms with E-state index in [9.17, 15) is 9.90 Å². The molecule has 9 heteroatoms. The third-order valence-electron chi connectivity index (χ3n) is 5.47. The molecule has 0 aliphatic rings. The topological polar surface area (TPSA) is 103 Å². The maximum Gasteiger partial charge on any atom is 0.253 e. The summed E-state index contributed by atoms with van der Waals surface area (Å²) in [7, 11) is 4.79. The van der Waals surface area contributed by atoms with Crippen LogP contribution in [0.3, 0.4) is 0 Å². The highest BCUT2D eigenvalue weighted by Crippen LogP contribution is 2.38. The van der Waals surface area contributed by atoms with Crippen molar-refractivity contribution in [1.29, 1.82) is 0 Å². The van der Waals surface area contributed by atoms with Crippen LogP contribution in [0.15, 0.2) is 73.1 Å². The number of tetrazole rings is 1. The number of carbonyl (C=O) groups is 1. The molecule has 1 amide bonds. The van der Waals surface area contributed by atoms with E-state index in [4.69, 9.17) is 9.47 Å². The summed E-state index contributed by atoms with van der Waals surface area (Å²) >= 11 is 0. The second kappa shape index (κ2) is 10.1. The maximum absolute atomic E-state index is 13.4. The SMILES string of the molecule is COc1cccc(-c2cc(C(=O)N(C)CC(O)c3ccccc3)cc(-n3cnnn3)c2)c1OC. The summed E-state index contributed by atoms with van der Waals surface area (Å²) in [5, 5.41) is 22.0. The van der Waals surface area contributed by atoms with Crippen molar-refractivity contribution >= 4 is 5.91 Å². The van der Waals surface area contributed by atoms with Crippen LogP contribution in [-0.2, 0) is 0 Å². The van der Waals surface area contributed by atoms with Crippen molar-refractivity contribution in [2.45, 2.75) is 6.10 Å². The van der Waals surface area contributed by atoms with Crippen LogP contribution in [0.5, 0.6) is 11.5 Å². The summed E-state index contributed by atoms with van der Waals surface area (Å²) in [5.41, 5.74) is 3.23. The van der Waals surface area contributed by atoms with Crippen LogP contribution in [0.25, 0.3) is 16.8 Å². The number of benzene rings is 3. The van der Waals surface area contributed by atoms with Gasteiger partial charge in [0.25, 0.3) is 5.91 Å². The van der Waals surface area contributed by atoms with E-state index in [1.165, 1.54) is 15.9 Å². The number of rotatable bonds is 8. The van der Waals surface area contributed by atoms with Crippen LogP contribution < -0.4 is 9.47 Å². The predicted octanol–water partition coefficient (Wildman–Crippen LogP) is 3.15. The van der Waals surface area contributed by atoms with Gasteiger partial charge in [0.1, 0.15) is 6.33 Å². The highest BCUT2D eigenvalue weighted by molar-refractivity contribution is 5.96. The monoisotopic (exact) mass is 459 g/mol. The first kappa shape index (κ1) is 22.9. The first-order valence-electron chi connectivity index (χ1n) is 10.6. The van der Waals surface area contributed by atoms with E-state index in [2.05, 4.69) is 15.5 Å². The summed E-state index contributed by atoms with van der Waals surface area (Å²) in [6.07, 6.45) is 0.648. The van der Waals surface area contributed by atoms with E-state index >= 15 is 0 Å². The van der Waals surface area contributed by atoms with Crippen LogP contribution in [0, 0.1) is 0 Å². The van der Waals surface area contributed by atoms with Gasteiger partial charge in [-0.1, -0.05) is 42.5 Å². The average Bonchev–Trinajstić information content (AvgIpc) is 3.43. The molecule has 4 aromatic rings. The van der Waals surface area contributed by atoms with Gasteiger partial charge in [0, 0.05) is 18.2 Å². The molecule has 9 nitrogen and oxygen atoms in total. The number of aromatic nitrogens is 4. The number of likely N-dealkylation sites (N-methyl/N-ethyl adjacent to an activating group) is 1. The molecule has 1 atom stereocenters. The smallest absolute Gasteiger partial charge is 0.253 e. The van der Waals surface area contributed by atoms with Crippen molar-refractivity contribution in [2.75, 3.05) is 27.8 Å². The normalized spacial score (nSPS) is 11.6. The number of amides is 1. The fourth-order valence-corrected chi connectivity index (χ4v) is 3.76. The fourth-order valence-electron chi connectivity index (χ4n) is 3.76. The number of ether oxygens (including phenoxy) is 2. The molecule has 0 fully saturated rings. The molecular weight excluding hydrogens is 434 g/mol. The summed E-state index contributed by atoms with van der Waals surface area (Å²) < 4.78 is 12.5. The Labute approximate surface area is 197 Å². The molecule has 1 aromatic heterocycles. The maximum atomic E-state index is 13.4. The zero-order chi connectivity index (χ0) is 24.1. The lowest BCUT2D eigenvalue weighted by Crippen LogP contribution is -2.31. The molecule has 0 radical (unpaired) electrons. The molecule has 0 saturated heterocycles. The molecule has 34 heavy (non-hydrogen) atoms. The number of para-hydroxylation sites is 1. The second-order valence-corrected chi connectivity index (χ2v) is 7.68. The lowest BCUT2D eigenvalue weighted by atomic mass is 9.99. The van der Waals surface area contributed by atoms with Gasteiger partial charge in [0.05, 0.1) is 32.6 Å². The molecule has 4 rings (SSSR count). The predicted molar refractivity (Wildman–Crippen MR) is 126 cm³/mol. The minimum atomic E-state index is -0.809. The van der Waals surface area contributed by atoms with E-state index in [0.717, 1.165) is 16.7 Å². The van der Waals surface area contributed by atoms with Crippen LogP contribution in [0.1, 0.15) is 22.0 Å². The number of hydrogen-bond donors (Lipinski definition) is 1. The average molecular weight is 460 g/mol. The van der Waals surface area contributed by atoms with Crippen molar-refractivity contribution < 1.29 is 19.4 Å². The van der Waals surface area contributed by atoms with Crippen LogP contribution in [-0.4, -0.2) is 63.9 Å². The highest BCUT2D eigenvalue weighted by Gasteiger charge is 2.20. The summed E-state index contributed by atoms with van der Waals surface area (Å²) in [4.78, 5) is 14.9. The van der Waals surface area contributed by atoms with E-state index in [1.54, 1.807) is 39.5 Å². The number of methoxy groups -OCH3 is 2. The van der Waals surface area contributed by atoms with Gasteiger partial charge in [0.2, 0.25) is 0 Å². The number of hydrogen-bond acceptors (Lipinski definition) is 7. The number of aliphatic hydroxyl groups is 1. The molecule has 1 heterocycles. The fraction of sp³-hybridized carbons (Fsp3) is 0.200. The highest BCUT2D eigenvalue weighted by atomic mass is 16.5. The largest absolute Gasteiger partial charge is 0.493 e. The minimum Gasteiger partial charge on any atom is -0.493 e. The van der Waals surface area contributed by atoms with Crippen molar-refractivity contribution in [3.63, 3.8) is 0 Å². The molecule has 0 bridgehead atoms. The Bertz CT molecular complexity index is 1260. The van der Waals surface area contributed by atoms with Crippen molar-refractivity contribution in [2.24, 2.45) is 0 Å². The van der Waals surface area contributed by atoms with Crippen LogP contribution in [0.2, 0.25) is 0 Å². The van der Waals surface area contributed by atoms with Gasteiger partial charge in [-0.2, -0.15) is 0 Å². The van der Waals surface area contributed by atoms with E-state index < -0.39 is 6.10 Å². The van der Waals surface area contributed by atoms with E-state index in [1.807, 2.05) is 48.5 Å².